The first-order valence-electron chi connectivity index (χ1n) is 2.18. The molecule has 0 saturated heterocycles. The van der Waals surface area contributed by atoms with Gasteiger partial charge in [0.15, 0.2) is 0 Å². The first-order valence-corrected chi connectivity index (χ1v) is 2.18. The third kappa shape index (κ3) is 11.8. The standard InChI is InChI=1S/C5H7O2.CH3.Y/c1-2-5(7)3-4-6;;/h2-3H2,1H3;1H3;/q2*-1;. The van der Waals surface area contributed by atoms with Crippen molar-refractivity contribution in [1.82, 2.24) is 0 Å². The molecule has 0 aliphatic carbocycles. The first-order chi connectivity index (χ1) is 3.31. The Morgan fingerprint density at radius 2 is 2.00 bits per heavy atom. The van der Waals surface area contributed by atoms with Crippen molar-refractivity contribution in [2.24, 2.45) is 0 Å². The molecule has 3 heteroatoms. The molecule has 0 atom stereocenters. The summed E-state index contributed by atoms with van der Waals surface area (Å²) in [5.41, 5.74) is 0. The van der Waals surface area contributed by atoms with E-state index in [1.807, 2.05) is 0 Å². The molecule has 0 aromatic heterocycles. The van der Waals surface area contributed by atoms with Crippen molar-refractivity contribution < 1.29 is 42.3 Å². The van der Waals surface area contributed by atoms with Gasteiger partial charge in [0.1, 0.15) is 5.78 Å². The second-order valence-corrected chi connectivity index (χ2v) is 1.21. The van der Waals surface area contributed by atoms with Gasteiger partial charge >= 0.3 is 0 Å². The summed E-state index contributed by atoms with van der Waals surface area (Å²) >= 11 is 0. The summed E-state index contributed by atoms with van der Waals surface area (Å²) in [6.45, 7) is 1.72. The van der Waals surface area contributed by atoms with E-state index in [0.717, 1.165) is 0 Å². The second kappa shape index (κ2) is 11.3. The van der Waals surface area contributed by atoms with Gasteiger partial charge in [0, 0.05) is 39.1 Å². The van der Waals surface area contributed by atoms with E-state index in [1.54, 1.807) is 6.92 Å². The van der Waals surface area contributed by atoms with Crippen LogP contribution < -0.4 is 0 Å². The van der Waals surface area contributed by atoms with Crippen molar-refractivity contribution in [2.75, 3.05) is 0 Å². The quantitative estimate of drug-likeness (QED) is 0.504. The molecule has 0 amide bonds. The fourth-order valence-electron chi connectivity index (χ4n) is 0.205. The number of ketones is 1. The zero-order valence-corrected chi connectivity index (χ0v) is 8.65. The monoisotopic (exact) mass is 203 g/mol. The van der Waals surface area contributed by atoms with Crippen LogP contribution in [0.15, 0.2) is 0 Å². The van der Waals surface area contributed by atoms with Gasteiger partial charge in [-0.3, -0.25) is 6.29 Å². The Hall–Kier alpha value is 0.444. The van der Waals surface area contributed by atoms with Crippen LogP contribution in [0.25, 0.3) is 0 Å². The number of Topliss-reactive ketones (excluding diaryl/α,β-unsaturated/α-hetero) is 1. The maximum atomic E-state index is 10.1. The van der Waals surface area contributed by atoms with E-state index in [2.05, 4.69) is 0 Å². The predicted octanol–water partition coefficient (Wildman–Crippen LogP) is 0.913. The van der Waals surface area contributed by atoms with Crippen LogP contribution in [0.2, 0.25) is 0 Å². The molecule has 0 aromatic rings. The zero-order valence-electron chi connectivity index (χ0n) is 5.81. The molecule has 51 valence electrons. The molecule has 0 fully saturated rings. The van der Waals surface area contributed by atoms with E-state index in [9.17, 15) is 9.59 Å². The molecular formula is C6H10O2Y-2. The van der Waals surface area contributed by atoms with Gasteiger partial charge in [-0.15, -0.1) is 0 Å². The van der Waals surface area contributed by atoms with Crippen molar-refractivity contribution in [1.29, 1.82) is 0 Å². The van der Waals surface area contributed by atoms with Crippen LogP contribution in [0.3, 0.4) is 0 Å². The number of carbonyl (C=O) groups excluding carboxylic acids is 2. The van der Waals surface area contributed by atoms with Gasteiger partial charge in [-0.1, -0.05) is 13.3 Å². The van der Waals surface area contributed by atoms with Crippen LogP contribution >= 0.6 is 0 Å². The number of hydrogen-bond acceptors (Lipinski definition) is 2. The minimum atomic E-state index is -0.0463. The fraction of sp³-hybridized carbons (Fsp3) is 0.500. The van der Waals surface area contributed by atoms with Crippen molar-refractivity contribution in [2.45, 2.75) is 19.8 Å². The van der Waals surface area contributed by atoms with Crippen LogP contribution in [0.1, 0.15) is 19.8 Å². The van der Waals surface area contributed by atoms with E-state index in [0.29, 0.717) is 6.42 Å². The van der Waals surface area contributed by atoms with Crippen LogP contribution in [-0.2, 0) is 42.3 Å². The molecular weight excluding hydrogens is 193 g/mol. The summed E-state index contributed by atoms with van der Waals surface area (Å²) in [5.74, 6) is -0.0463. The molecule has 0 aliphatic heterocycles. The average molecular weight is 203 g/mol. The van der Waals surface area contributed by atoms with E-state index >= 15 is 0 Å². The van der Waals surface area contributed by atoms with Crippen molar-refractivity contribution in [3.8, 4) is 0 Å². The van der Waals surface area contributed by atoms with Crippen LogP contribution in [0.5, 0.6) is 0 Å². The molecule has 9 heavy (non-hydrogen) atoms. The molecule has 0 saturated carbocycles. The second-order valence-electron chi connectivity index (χ2n) is 1.21. The summed E-state index contributed by atoms with van der Waals surface area (Å²) in [6, 6.07) is 0. The fourth-order valence-corrected chi connectivity index (χ4v) is 0.205. The summed E-state index contributed by atoms with van der Waals surface area (Å²) in [7, 11) is 0. The van der Waals surface area contributed by atoms with Crippen molar-refractivity contribution >= 4 is 12.1 Å². The Labute approximate surface area is 81.3 Å². The Morgan fingerprint density at radius 3 is 2.11 bits per heavy atom. The smallest absolute Gasteiger partial charge is 0.106 e. The topological polar surface area (TPSA) is 34.1 Å². The van der Waals surface area contributed by atoms with Crippen molar-refractivity contribution in [3.05, 3.63) is 7.43 Å². The molecule has 0 rings (SSSR count). The Balaban J connectivity index is -0.000000180. The predicted molar refractivity (Wildman–Crippen MR) is 32.0 cm³/mol. The molecule has 2 nitrogen and oxygen atoms in total. The molecule has 1 radical (unpaired) electrons. The summed E-state index contributed by atoms with van der Waals surface area (Å²) in [5, 5.41) is 0. The van der Waals surface area contributed by atoms with E-state index in [-0.39, 0.29) is 52.3 Å². The molecule has 0 N–H and O–H groups in total. The average Bonchev–Trinajstić information content (AvgIpc) is 1.68. The summed E-state index contributed by atoms with van der Waals surface area (Å²) in [6.07, 6.45) is 1.91. The summed E-state index contributed by atoms with van der Waals surface area (Å²) in [4.78, 5) is 19.6. The number of carbonyl (C=O) groups is 1. The van der Waals surface area contributed by atoms with Crippen molar-refractivity contribution in [3.63, 3.8) is 0 Å². The van der Waals surface area contributed by atoms with Gasteiger partial charge in [-0.05, 0) is 0 Å². The third-order valence-corrected chi connectivity index (χ3v) is 0.664. The molecule has 0 heterocycles. The minimum Gasteiger partial charge on any atom is -0.541 e. The third-order valence-electron chi connectivity index (χ3n) is 0.664. The van der Waals surface area contributed by atoms with Crippen LogP contribution in [-0.4, -0.2) is 12.1 Å². The van der Waals surface area contributed by atoms with E-state index in [1.165, 1.54) is 6.29 Å². The van der Waals surface area contributed by atoms with E-state index in [4.69, 9.17) is 0 Å². The number of rotatable bonds is 3. The SMILES string of the molecule is CCC(=O)C[C-]=O.[CH3-].[Y]. The van der Waals surface area contributed by atoms with Gasteiger partial charge in [-0.25, -0.2) is 0 Å². The zero-order chi connectivity index (χ0) is 5.70. The van der Waals surface area contributed by atoms with Crippen LogP contribution in [0, 0.1) is 7.43 Å². The Morgan fingerprint density at radius 1 is 1.56 bits per heavy atom. The molecule has 0 spiro atoms. The largest absolute Gasteiger partial charge is 0.541 e. The molecule has 0 aromatic carbocycles. The van der Waals surface area contributed by atoms with Gasteiger partial charge in [0.2, 0.25) is 0 Å². The summed E-state index contributed by atoms with van der Waals surface area (Å²) < 4.78 is 0. The normalized spacial score (nSPS) is 6.33. The van der Waals surface area contributed by atoms with Crippen LogP contribution in [0.4, 0.5) is 0 Å². The molecule has 0 unspecified atom stereocenters. The Kier molecular flexibility index (Phi) is 20.3. The first kappa shape index (κ1) is 16.2. The van der Waals surface area contributed by atoms with E-state index < -0.39 is 0 Å². The maximum absolute atomic E-state index is 10.1. The maximum Gasteiger partial charge on any atom is 0.106 e. The van der Waals surface area contributed by atoms with Gasteiger partial charge in [0.05, 0.1) is 0 Å². The minimum absolute atomic E-state index is 0. The van der Waals surface area contributed by atoms with Gasteiger partial charge in [0.25, 0.3) is 0 Å². The van der Waals surface area contributed by atoms with Gasteiger partial charge in [-0.2, -0.15) is 0 Å². The molecule has 0 aliphatic rings. The number of hydrogen-bond donors (Lipinski definition) is 0. The van der Waals surface area contributed by atoms with Gasteiger partial charge < -0.3 is 17.0 Å². The molecule has 0 bridgehead atoms. The Bertz CT molecular complexity index is 81.1.